The zero-order valence-corrected chi connectivity index (χ0v) is 19.3. The van der Waals surface area contributed by atoms with Gasteiger partial charge in [0.2, 0.25) is 5.91 Å². The van der Waals surface area contributed by atoms with Gasteiger partial charge < -0.3 is 20.5 Å². The van der Waals surface area contributed by atoms with Crippen molar-refractivity contribution in [3.63, 3.8) is 0 Å². The number of carboxylic acids is 1. The van der Waals surface area contributed by atoms with Crippen LogP contribution in [0.1, 0.15) is 50.7 Å². The molecule has 3 N–H and O–H groups in total. The standard InChI is InChI=1S/C26H32N2O5/c1-4-17(13-23(29)28-24(16(2)3)25(30)31)14-27-26(32)33-15-22-20-11-7-5-9-18(20)19-10-6-8-12-21(19)22/h5-12,16-17,22,24H,4,13-15H2,1-3H3,(H,27,32)(H,28,29)(H,30,31). The van der Waals surface area contributed by atoms with Crippen LogP contribution < -0.4 is 10.6 Å². The van der Waals surface area contributed by atoms with Crippen LogP contribution in [-0.4, -0.2) is 42.3 Å². The molecule has 0 fully saturated rings. The highest BCUT2D eigenvalue weighted by molar-refractivity contribution is 5.84. The Morgan fingerprint density at radius 3 is 2.09 bits per heavy atom. The summed E-state index contributed by atoms with van der Waals surface area (Å²) in [5.74, 6) is -1.74. The van der Waals surface area contributed by atoms with Crippen LogP contribution >= 0.6 is 0 Å². The topological polar surface area (TPSA) is 105 Å². The van der Waals surface area contributed by atoms with Gasteiger partial charge in [-0.2, -0.15) is 0 Å². The van der Waals surface area contributed by atoms with E-state index < -0.39 is 18.1 Å². The second-order valence-electron chi connectivity index (χ2n) is 8.81. The van der Waals surface area contributed by atoms with Gasteiger partial charge in [0.25, 0.3) is 0 Å². The molecule has 2 amide bonds. The van der Waals surface area contributed by atoms with Crippen LogP contribution in [0.2, 0.25) is 0 Å². The number of carboxylic acid groups (broad SMARTS) is 1. The molecule has 0 heterocycles. The van der Waals surface area contributed by atoms with Gasteiger partial charge >= 0.3 is 12.1 Å². The van der Waals surface area contributed by atoms with Crippen molar-refractivity contribution in [1.29, 1.82) is 0 Å². The van der Waals surface area contributed by atoms with Crippen molar-refractivity contribution in [2.75, 3.05) is 13.2 Å². The molecular formula is C26H32N2O5. The molecule has 2 aromatic carbocycles. The summed E-state index contributed by atoms with van der Waals surface area (Å²) in [6.45, 7) is 5.92. The molecule has 2 aromatic rings. The molecular weight excluding hydrogens is 420 g/mol. The number of carbonyl (C=O) groups excluding carboxylic acids is 2. The van der Waals surface area contributed by atoms with E-state index in [4.69, 9.17) is 4.74 Å². The number of benzene rings is 2. The van der Waals surface area contributed by atoms with E-state index in [1.807, 2.05) is 31.2 Å². The second-order valence-corrected chi connectivity index (χ2v) is 8.81. The molecule has 0 bridgehead atoms. The lowest BCUT2D eigenvalue weighted by atomic mass is 9.98. The number of ether oxygens (including phenoxy) is 1. The number of nitrogens with one attached hydrogen (secondary N) is 2. The van der Waals surface area contributed by atoms with E-state index >= 15 is 0 Å². The Kier molecular flexibility index (Phi) is 8.09. The highest BCUT2D eigenvalue weighted by atomic mass is 16.5. The lowest BCUT2D eigenvalue weighted by Crippen LogP contribution is -2.45. The molecule has 0 saturated heterocycles. The van der Waals surface area contributed by atoms with E-state index in [-0.39, 0.29) is 43.2 Å². The smallest absolute Gasteiger partial charge is 0.407 e. The van der Waals surface area contributed by atoms with Crippen LogP contribution in [0.4, 0.5) is 4.79 Å². The molecule has 0 spiro atoms. The van der Waals surface area contributed by atoms with Crippen LogP contribution in [0, 0.1) is 11.8 Å². The number of amides is 2. The molecule has 0 aromatic heterocycles. The SMILES string of the molecule is CCC(CNC(=O)OCC1c2ccccc2-c2ccccc21)CC(=O)NC(C(=O)O)C(C)C. The molecule has 0 radical (unpaired) electrons. The van der Waals surface area contributed by atoms with Crippen molar-refractivity contribution in [2.45, 2.75) is 45.6 Å². The van der Waals surface area contributed by atoms with E-state index in [1.165, 1.54) is 11.1 Å². The third-order valence-electron chi connectivity index (χ3n) is 6.18. The van der Waals surface area contributed by atoms with Crippen LogP contribution in [0.5, 0.6) is 0 Å². The number of aliphatic carboxylic acids is 1. The van der Waals surface area contributed by atoms with Gasteiger partial charge in [-0.25, -0.2) is 9.59 Å². The van der Waals surface area contributed by atoms with Crippen molar-refractivity contribution in [3.8, 4) is 11.1 Å². The van der Waals surface area contributed by atoms with E-state index in [9.17, 15) is 19.5 Å². The van der Waals surface area contributed by atoms with Gasteiger partial charge in [-0.15, -0.1) is 0 Å². The van der Waals surface area contributed by atoms with Crippen molar-refractivity contribution < 1.29 is 24.2 Å². The average Bonchev–Trinajstić information content (AvgIpc) is 3.12. The summed E-state index contributed by atoms with van der Waals surface area (Å²) >= 11 is 0. The summed E-state index contributed by atoms with van der Waals surface area (Å²) in [5, 5.41) is 14.6. The Hall–Kier alpha value is -3.35. The molecule has 1 aliphatic rings. The average molecular weight is 453 g/mol. The quantitative estimate of drug-likeness (QED) is 0.502. The molecule has 176 valence electrons. The van der Waals surface area contributed by atoms with Crippen LogP contribution in [-0.2, 0) is 14.3 Å². The first kappa shape index (κ1) is 24.3. The Morgan fingerprint density at radius 2 is 1.58 bits per heavy atom. The van der Waals surface area contributed by atoms with Crippen LogP contribution in [0.3, 0.4) is 0 Å². The molecule has 33 heavy (non-hydrogen) atoms. The first-order valence-corrected chi connectivity index (χ1v) is 11.4. The molecule has 2 unspecified atom stereocenters. The maximum atomic E-state index is 12.4. The van der Waals surface area contributed by atoms with Crippen molar-refractivity contribution >= 4 is 18.0 Å². The molecule has 7 nitrogen and oxygen atoms in total. The summed E-state index contributed by atoms with van der Waals surface area (Å²) in [6, 6.07) is 15.4. The van der Waals surface area contributed by atoms with E-state index in [2.05, 4.69) is 34.9 Å². The molecule has 1 aliphatic carbocycles. The van der Waals surface area contributed by atoms with Gasteiger partial charge in [0.15, 0.2) is 0 Å². The highest BCUT2D eigenvalue weighted by Crippen LogP contribution is 2.44. The summed E-state index contributed by atoms with van der Waals surface area (Å²) in [6.07, 6.45) is 0.272. The predicted molar refractivity (Wildman–Crippen MR) is 126 cm³/mol. The molecule has 7 heteroatoms. The minimum atomic E-state index is -1.05. The largest absolute Gasteiger partial charge is 0.480 e. The fraction of sp³-hybridized carbons (Fsp3) is 0.423. The Labute approximate surface area is 194 Å². The maximum Gasteiger partial charge on any atom is 0.407 e. The van der Waals surface area contributed by atoms with Gasteiger partial charge in [0, 0.05) is 18.9 Å². The fourth-order valence-electron chi connectivity index (χ4n) is 4.25. The van der Waals surface area contributed by atoms with Gasteiger partial charge in [-0.1, -0.05) is 75.7 Å². The number of fused-ring (bicyclic) bond motifs is 3. The van der Waals surface area contributed by atoms with Gasteiger partial charge in [0.1, 0.15) is 12.6 Å². The number of hydrogen-bond donors (Lipinski definition) is 3. The number of rotatable bonds is 10. The van der Waals surface area contributed by atoms with E-state index in [0.29, 0.717) is 6.42 Å². The zero-order chi connectivity index (χ0) is 24.0. The summed E-state index contributed by atoms with van der Waals surface area (Å²) < 4.78 is 5.54. The fourth-order valence-corrected chi connectivity index (χ4v) is 4.25. The van der Waals surface area contributed by atoms with Crippen LogP contribution in [0.25, 0.3) is 11.1 Å². The van der Waals surface area contributed by atoms with Crippen molar-refractivity contribution in [3.05, 3.63) is 59.7 Å². The normalized spacial score (nSPS) is 14.2. The maximum absolute atomic E-state index is 12.4. The van der Waals surface area contributed by atoms with E-state index in [1.54, 1.807) is 13.8 Å². The third-order valence-corrected chi connectivity index (χ3v) is 6.18. The minimum absolute atomic E-state index is 0.0140. The predicted octanol–water partition coefficient (Wildman–Crippen LogP) is 4.17. The third kappa shape index (κ3) is 5.92. The summed E-state index contributed by atoms with van der Waals surface area (Å²) in [4.78, 5) is 36.0. The lowest BCUT2D eigenvalue weighted by molar-refractivity contribution is -0.143. The first-order chi connectivity index (χ1) is 15.8. The van der Waals surface area contributed by atoms with E-state index in [0.717, 1.165) is 11.1 Å². The molecule has 2 atom stereocenters. The Bertz CT molecular complexity index is 958. The van der Waals surface area contributed by atoms with Crippen molar-refractivity contribution in [2.24, 2.45) is 11.8 Å². The lowest BCUT2D eigenvalue weighted by Gasteiger charge is -2.20. The highest BCUT2D eigenvalue weighted by Gasteiger charge is 2.29. The number of carbonyl (C=O) groups is 3. The number of hydrogen-bond acceptors (Lipinski definition) is 4. The van der Waals surface area contributed by atoms with Gasteiger partial charge in [-0.05, 0) is 34.1 Å². The number of alkyl carbamates (subject to hydrolysis) is 1. The summed E-state index contributed by atoms with van der Waals surface area (Å²) in [7, 11) is 0. The molecule has 0 aliphatic heterocycles. The summed E-state index contributed by atoms with van der Waals surface area (Å²) in [5.41, 5.74) is 4.63. The van der Waals surface area contributed by atoms with Gasteiger partial charge in [0.05, 0.1) is 0 Å². The second kappa shape index (κ2) is 11.0. The van der Waals surface area contributed by atoms with Crippen LogP contribution in [0.15, 0.2) is 48.5 Å². The molecule has 0 saturated carbocycles. The Balaban J connectivity index is 1.51. The zero-order valence-electron chi connectivity index (χ0n) is 19.3. The Morgan fingerprint density at radius 1 is 1.00 bits per heavy atom. The molecule has 3 rings (SSSR count). The monoisotopic (exact) mass is 452 g/mol. The minimum Gasteiger partial charge on any atom is -0.480 e. The van der Waals surface area contributed by atoms with Gasteiger partial charge in [-0.3, -0.25) is 4.79 Å². The van der Waals surface area contributed by atoms with Crippen molar-refractivity contribution in [1.82, 2.24) is 10.6 Å². The first-order valence-electron chi connectivity index (χ1n) is 11.4.